The van der Waals surface area contributed by atoms with E-state index in [1.54, 1.807) is 0 Å². The molecule has 0 aromatic carbocycles. The van der Waals surface area contributed by atoms with E-state index in [2.05, 4.69) is 27.7 Å². The van der Waals surface area contributed by atoms with Crippen molar-refractivity contribution in [3.63, 3.8) is 0 Å². The lowest BCUT2D eigenvalue weighted by Gasteiger charge is -2.60. The third-order valence-corrected chi connectivity index (χ3v) is 14.7. The lowest BCUT2D eigenvalue weighted by atomic mass is 9.57. The molecule has 10 fully saturated rings. The molecule has 9 heteroatoms. The first-order valence-corrected chi connectivity index (χ1v) is 18.7. The summed E-state index contributed by atoms with van der Waals surface area (Å²) >= 11 is 2.03. The Morgan fingerprint density at radius 3 is 1.44 bits per heavy atom. The molecule has 8 heterocycles. The molecule has 2 saturated carbocycles. The topological polar surface area (TPSA) is 73.8 Å². The highest BCUT2D eigenvalue weighted by molar-refractivity contribution is 7.99. The van der Waals surface area contributed by atoms with Gasteiger partial charge >= 0.3 is 0 Å². The fourth-order valence-electron chi connectivity index (χ4n) is 11.1. The highest BCUT2D eigenvalue weighted by atomic mass is 32.2. The van der Waals surface area contributed by atoms with Gasteiger partial charge in [0.1, 0.15) is 0 Å². The van der Waals surface area contributed by atoms with Gasteiger partial charge in [-0.05, 0) is 112 Å². The summed E-state index contributed by atoms with van der Waals surface area (Å²) in [5.74, 6) is 4.37. The second kappa shape index (κ2) is 10.8. The summed E-state index contributed by atoms with van der Waals surface area (Å²) in [6, 6.07) is 0. The van der Waals surface area contributed by atoms with Gasteiger partial charge in [-0.2, -0.15) is 11.8 Å². The van der Waals surface area contributed by atoms with Crippen molar-refractivity contribution in [3.05, 3.63) is 0 Å². The van der Waals surface area contributed by atoms with Crippen LogP contribution < -0.4 is 0 Å². The van der Waals surface area contributed by atoms with Crippen molar-refractivity contribution in [2.75, 3.05) is 11.5 Å². The molecule has 43 heavy (non-hydrogen) atoms. The molecule has 0 N–H and O–H groups in total. The van der Waals surface area contributed by atoms with E-state index in [1.807, 2.05) is 25.6 Å². The van der Waals surface area contributed by atoms with Crippen molar-refractivity contribution in [2.45, 2.75) is 153 Å². The van der Waals surface area contributed by atoms with Gasteiger partial charge in [-0.3, -0.25) is 0 Å². The van der Waals surface area contributed by atoms with Crippen molar-refractivity contribution in [1.82, 2.24) is 0 Å². The Balaban J connectivity index is 0.894. The van der Waals surface area contributed by atoms with E-state index in [4.69, 9.17) is 38.5 Å². The molecular formula is C34H54O8S. The number of rotatable bonds is 6. The van der Waals surface area contributed by atoms with Gasteiger partial charge in [0.05, 0.1) is 12.2 Å². The zero-order valence-corrected chi connectivity index (χ0v) is 27.9. The van der Waals surface area contributed by atoms with Crippen LogP contribution in [0.2, 0.25) is 0 Å². The van der Waals surface area contributed by atoms with E-state index in [-0.39, 0.29) is 24.8 Å². The largest absolute Gasteiger partial charge is 0.346 e. The molecule has 2 spiro atoms. The Labute approximate surface area is 262 Å². The first kappa shape index (κ1) is 30.4. The van der Waals surface area contributed by atoms with Gasteiger partial charge in [0.2, 0.25) is 11.6 Å². The summed E-state index contributed by atoms with van der Waals surface area (Å²) < 4.78 is 26.8. The normalized spacial score (nSPS) is 58.7. The van der Waals surface area contributed by atoms with Gasteiger partial charge < -0.3 is 18.9 Å². The number of hydrogen-bond acceptors (Lipinski definition) is 9. The molecule has 16 atom stereocenters. The second-order valence-electron chi connectivity index (χ2n) is 16.1. The van der Waals surface area contributed by atoms with E-state index >= 15 is 0 Å². The maximum absolute atomic E-state index is 6.83. The average Bonchev–Trinajstić information content (AvgIpc) is 3.35. The lowest BCUT2D eigenvalue weighted by molar-refractivity contribution is -0.571. The second-order valence-corrected chi connectivity index (χ2v) is 17.3. The lowest BCUT2D eigenvalue weighted by Crippen LogP contribution is -2.70. The zero-order chi connectivity index (χ0) is 29.8. The minimum Gasteiger partial charge on any atom is -0.346 e. The summed E-state index contributed by atoms with van der Waals surface area (Å²) in [6.45, 7) is 13.5. The van der Waals surface area contributed by atoms with Crippen LogP contribution >= 0.6 is 11.8 Å². The summed E-state index contributed by atoms with van der Waals surface area (Å²) in [7, 11) is 0. The van der Waals surface area contributed by atoms with Crippen LogP contribution in [0.1, 0.15) is 106 Å². The van der Waals surface area contributed by atoms with Crippen molar-refractivity contribution in [3.8, 4) is 0 Å². The van der Waals surface area contributed by atoms with Crippen LogP contribution in [0.5, 0.6) is 0 Å². The molecule has 244 valence electrons. The van der Waals surface area contributed by atoms with Crippen LogP contribution in [-0.4, -0.2) is 59.1 Å². The van der Waals surface area contributed by atoms with Gasteiger partial charge in [0.25, 0.3) is 0 Å². The Kier molecular flexibility index (Phi) is 7.61. The summed E-state index contributed by atoms with van der Waals surface area (Å²) in [5, 5.41) is 0. The highest BCUT2D eigenvalue weighted by Crippen LogP contribution is 2.62. The molecular weight excluding hydrogens is 568 g/mol. The predicted molar refractivity (Wildman–Crippen MR) is 160 cm³/mol. The quantitative estimate of drug-likeness (QED) is 0.230. The third-order valence-electron chi connectivity index (χ3n) is 13.7. The zero-order valence-electron chi connectivity index (χ0n) is 27.1. The number of thioether (sulfide) groups is 1. The highest BCUT2D eigenvalue weighted by Gasteiger charge is 2.70. The molecule has 0 amide bonds. The van der Waals surface area contributed by atoms with Crippen molar-refractivity contribution in [1.29, 1.82) is 0 Å². The predicted octanol–water partition coefficient (Wildman–Crippen LogP) is 7.00. The molecule has 0 radical (unpaired) electrons. The molecule has 0 aromatic rings. The molecule has 8 aliphatic heterocycles. The molecule has 0 unspecified atom stereocenters. The number of hydrogen-bond donors (Lipinski definition) is 0. The standard InChI is InChI=1S/C34H54O8S/c1-19-7-9-25-21(3)27(35-29-33(25)23(19)11-15-31(5,37-29)39-41-33)13-17-43-18-14-28-22(4)26-10-8-20(2)24-12-16-32(6)38-30(36-28)34(24,26)42-40-32/h19-30H,7-18H2,1-6H3/t19-,20-,21-,22-,23+,24+,25+,26+,27-,28-,29-,30-,31+,32+,33+,34+/m1/s1. The van der Waals surface area contributed by atoms with E-state index in [0.717, 1.165) is 62.9 Å². The molecule has 0 aromatic heterocycles. The van der Waals surface area contributed by atoms with Crippen LogP contribution in [0.15, 0.2) is 0 Å². The number of ether oxygens (including phenoxy) is 4. The fourth-order valence-corrected chi connectivity index (χ4v) is 12.1. The maximum atomic E-state index is 6.83. The first-order valence-electron chi connectivity index (χ1n) is 17.6. The average molecular weight is 623 g/mol. The van der Waals surface area contributed by atoms with Crippen LogP contribution in [-0.2, 0) is 38.5 Å². The molecule has 10 rings (SSSR count). The van der Waals surface area contributed by atoms with Crippen molar-refractivity contribution in [2.24, 2.45) is 47.3 Å². The summed E-state index contributed by atoms with van der Waals surface area (Å²) in [6.07, 6.45) is 10.4. The first-order chi connectivity index (χ1) is 20.6. The van der Waals surface area contributed by atoms with E-state index in [0.29, 0.717) is 47.3 Å². The Morgan fingerprint density at radius 2 is 1.00 bits per heavy atom. The van der Waals surface area contributed by atoms with E-state index in [9.17, 15) is 0 Å². The Hall–Kier alpha value is 0.0300. The van der Waals surface area contributed by atoms with Crippen LogP contribution in [0.4, 0.5) is 0 Å². The van der Waals surface area contributed by atoms with Crippen LogP contribution in [0, 0.1) is 47.3 Å². The van der Waals surface area contributed by atoms with E-state index < -0.39 is 22.8 Å². The van der Waals surface area contributed by atoms with E-state index in [1.165, 1.54) is 12.8 Å². The molecule has 8 nitrogen and oxygen atoms in total. The van der Waals surface area contributed by atoms with Crippen LogP contribution in [0.3, 0.4) is 0 Å². The SMILES string of the molecule is C[C@H]1[C@@H](CCSCC[C@H]2O[C@@H]3O[C@]4(C)CC[C@H]5[C@H](C)CC[C@@H]([C@H]2C)[C@]35OO4)O[C@@H]2O[C@]3(C)CC[C@H]4[C@H](C)CC[C@@H]1[C@]24OO3. The molecule has 8 saturated heterocycles. The van der Waals surface area contributed by atoms with Gasteiger partial charge in [0.15, 0.2) is 23.8 Å². The number of fused-ring (bicyclic) bond motifs is 4. The van der Waals surface area contributed by atoms with Gasteiger partial charge in [-0.15, -0.1) is 0 Å². The summed E-state index contributed by atoms with van der Waals surface area (Å²) in [5.41, 5.74) is -0.937. The minimum atomic E-state index is -0.710. The van der Waals surface area contributed by atoms with Crippen LogP contribution in [0.25, 0.3) is 0 Å². The van der Waals surface area contributed by atoms with Crippen molar-refractivity contribution >= 4 is 11.8 Å². The smallest absolute Gasteiger partial charge is 0.201 e. The fraction of sp³-hybridized carbons (Fsp3) is 1.00. The Morgan fingerprint density at radius 1 is 0.558 bits per heavy atom. The van der Waals surface area contributed by atoms with Gasteiger partial charge in [-0.1, -0.05) is 27.7 Å². The van der Waals surface area contributed by atoms with Crippen molar-refractivity contribution < 1.29 is 38.5 Å². The van der Waals surface area contributed by atoms with Gasteiger partial charge in [0, 0.05) is 24.7 Å². The maximum Gasteiger partial charge on any atom is 0.201 e. The molecule has 2 aliphatic carbocycles. The summed E-state index contributed by atoms with van der Waals surface area (Å²) in [4.78, 5) is 24.7. The monoisotopic (exact) mass is 622 g/mol. The van der Waals surface area contributed by atoms with Gasteiger partial charge in [-0.25, -0.2) is 19.6 Å². The Bertz CT molecular complexity index is 983. The molecule has 10 aliphatic rings. The molecule has 4 bridgehead atoms. The minimum absolute atomic E-state index is 0.174. The third kappa shape index (κ3) is 4.52.